The molecule has 1 saturated carbocycles. The Kier molecular flexibility index (Phi) is 5.66. The van der Waals surface area contributed by atoms with Crippen LogP contribution in [0.3, 0.4) is 0 Å². The smallest absolute Gasteiger partial charge is 0.168 e. The van der Waals surface area contributed by atoms with Crippen molar-refractivity contribution < 1.29 is 8.42 Å². The minimum Gasteiger partial charge on any atom is -0.360 e. The molecule has 0 aromatic heterocycles. The summed E-state index contributed by atoms with van der Waals surface area (Å²) in [5, 5.41) is 3.98. The molecule has 0 aliphatic heterocycles. The fourth-order valence-corrected chi connectivity index (χ4v) is 2.80. The van der Waals surface area contributed by atoms with E-state index >= 15 is 0 Å². The van der Waals surface area contributed by atoms with Crippen LogP contribution >= 0.6 is 12.2 Å². The normalized spacial score (nSPS) is 17.8. The molecule has 0 aromatic rings. The predicted molar refractivity (Wildman–Crippen MR) is 74.9 cm³/mol. The fourth-order valence-electron chi connectivity index (χ4n) is 1.94. The summed E-state index contributed by atoms with van der Waals surface area (Å²) >= 11 is 5.27. The molecule has 0 radical (unpaired) electrons. The van der Waals surface area contributed by atoms with Crippen LogP contribution in [-0.2, 0) is 9.84 Å². The Morgan fingerprint density at radius 1 is 1.35 bits per heavy atom. The highest BCUT2D eigenvalue weighted by atomic mass is 32.2. The van der Waals surface area contributed by atoms with Crippen LogP contribution in [0, 0.1) is 0 Å². The summed E-state index contributed by atoms with van der Waals surface area (Å²) in [5.74, 6) is 0.149. The Morgan fingerprint density at radius 3 is 2.47 bits per heavy atom. The van der Waals surface area contributed by atoms with Crippen molar-refractivity contribution in [2.24, 2.45) is 0 Å². The maximum absolute atomic E-state index is 11.1. The Labute approximate surface area is 110 Å². The maximum Gasteiger partial charge on any atom is 0.168 e. The standard InChI is InChI=1S/C11H22N2O2S2/c1-13(8-9-17(2,14)15)11(16)12-10-6-4-3-5-7-10/h10H,3-9H2,1-2H3,(H,12,16). The van der Waals surface area contributed by atoms with Crippen molar-refractivity contribution in [2.75, 3.05) is 25.6 Å². The molecule has 1 aliphatic carbocycles. The largest absolute Gasteiger partial charge is 0.360 e. The second-order valence-corrected chi connectivity index (χ2v) is 7.48. The lowest BCUT2D eigenvalue weighted by Crippen LogP contribution is -2.44. The molecule has 100 valence electrons. The van der Waals surface area contributed by atoms with Crippen molar-refractivity contribution in [2.45, 2.75) is 38.1 Å². The van der Waals surface area contributed by atoms with E-state index in [0.29, 0.717) is 17.7 Å². The minimum atomic E-state index is -2.91. The average Bonchev–Trinajstić information content (AvgIpc) is 2.26. The van der Waals surface area contributed by atoms with Gasteiger partial charge in [0.1, 0.15) is 9.84 Å². The van der Waals surface area contributed by atoms with Gasteiger partial charge in [0.15, 0.2) is 5.11 Å². The van der Waals surface area contributed by atoms with Gasteiger partial charge in [0.05, 0.1) is 5.75 Å². The van der Waals surface area contributed by atoms with Crippen LogP contribution < -0.4 is 5.32 Å². The highest BCUT2D eigenvalue weighted by Crippen LogP contribution is 2.17. The molecule has 4 nitrogen and oxygen atoms in total. The number of rotatable bonds is 4. The van der Waals surface area contributed by atoms with Gasteiger partial charge in [0, 0.05) is 25.9 Å². The predicted octanol–water partition coefficient (Wildman–Crippen LogP) is 1.17. The number of nitrogens with zero attached hydrogens (tertiary/aromatic N) is 1. The van der Waals surface area contributed by atoms with E-state index in [1.807, 2.05) is 11.9 Å². The molecule has 0 amide bonds. The lowest BCUT2D eigenvalue weighted by molar-refractivity contribution is 0.397. The summed E-state index contributed by atoms with van der Waals surface area (Å²) in [6.45, 7) is 0.456. The first-order valence-electron chi connectivity index (χ1n) is 6.08. The summed E-state index contributed by atoms with van der Waals surface area (Å²) in [7, 11) is -1.08. The first-order chi connectivity index (χ1) is 7.88. The zero-order chi connectivity index (χ0) is 12.9. The number of hydrogen-bond donors (Lipinski definition) is 1. The highest BCUT2D eigenvalue weighted by molar-refractivity contribution is 7.90. The van der Waals surface area contributed by atoms with E-state index in [2.05, 4.69) is 5.32 Å². The summed E-state index contributed by atoms with van der Waals surface area (Å²) in [6.07, 6.45) is 7.41. The van der Waals surface area contributed by atoms with E-state index in [1.165, 1.54) is 38.4 Å². The lowest BCUT2D eigenvalue weighted by Gasteiger charge is -2.28. The number of sulfone groups is 1. The molecule has 0 unspecified atom stereocenters. The summed E-state index contributed by atoms with van der Waals surface area (Å²) in [5.41, 5.74) is 0. The summed E-state index contributed by atoms with van der Waals surface area (Å²) in [6, 6.07) is 0.469. The quantitative estimate of drug-likeness (QED) is 0.782. The zero-order valence-electron chi connectivity index (χ0n) is 10.6. The molecule has 6 heteroatoms. The molecule has 0 bridgehead atoms. The maximum atomic E-state index is 11.1. The molecule has 1 N–H and O–H groups in total. The molecule has 1 fully saturated rings. The first-order valence-corrected chi connectivity index (χ1v) is 8.55. The van der Waals surface area contributed by atoms with Gasteiger partial charge in [-0.15, -0.1) is 0 Å². The topological polar surface area (TPSA) is 49.4 Å². The second-order valence-electron chi connectivity index (χ2n) is 4.84. The molecule has 0 saturated heterocycles. The Morgan fingerprint density at radius 2 is 1.94 bits per heavy atom. The van der Waals surface area contributed by atoms with Gasteiger partial charge >= 0.3 is 0 Å². The van der Waals surface area contributed by atoms with Gasteiger partial charge in [-0.3, -0.25) is 0 Å². The van der Waals surface area contributed by atoms with Gasteiger partial charge in [-0.05, 0) is 25.1 Å². The SMILES string of the molecule is CN(CCS(C)(=O)=O)C(=S)NC1CCCCC1. The molecule has 0 spiro atoms. The molecular formula is C11H22N2O2S2. The first kappa shape index (κ1) is 14.7. The zero-order valence-corrected chi connectivity index (χ0v) is 12.2. The molecule has 1 aliphatic rings. The van der Waals surface area contributed by atoms with E-state index in [0.717, 1.165) is 0 Å². The van der Waals surface area contributed by atoms with Crippen LogP contribution in [0.25, 0.3) is 0 Å². The van der Waals surface area contributed by atoms with Crippen LogP contribution in [0.2, 0.25) is 0 Å². The van der Waals surface area contributed by atoms with Crippen LogP contribution in [0.1, 0.15) is 32.1 Å². The fraction of sp³-hybridized carbons (Fsp3) is 0.909. The van der Waals surface area contributed by atoms with Crippen molar-refractivity contribution in [3.63, 3.8) is 0 Å². The third-order valence-corrected chi connectivity index (χ3v) is 4.43. The third kappa shape index (κ3) is 6.21. The van der Waals surface area contributed by atoms with E-state index in [4.69, 9.17) is 12.2 Å². The Bertz CT molecular complexity index is 348. The number of thiocarbonyl (C=S) groups is 1. The Balaban J connectivity index is 2.30. The minimum absolute atomic E-state index is 0.149. The highest BCUT2D eigenvalue weighted by Gasteiger charge is 2.16. The van der Waals surface area contributed by atoms with Gasteiger partial charge < -0.3 is 10.2 Å². The molecular weight excluding hydrogens is 256 g/mol. The van der Waals surface area contributed by atoms with Crippen LogP contribution in [-0.4, -0.2) is 50.1 Å². The second kappa shape index (κ2) is 6.54. The number of hydrogen-bond acceptors (Lipinski definition) is 3. The van der Waals surface area contributed by atoms with Crippen molar-refractivity contribution in [3.05, 3.63) is 0 Å². The lowest BCUT2D eigenvalue weighted by atomic mass is 9.96. The van der Waals surface area contributed by atoms with E-state index < -0.39 is 9.84 Å². The van der Waals surface area contributed by atoms with Gasteiger partial charge in [-0.2, -0.15) is 0 Å². The van der Waals surface area contributed by atoms with Crippen molar-refractivity contribution in [1.82, 2.24) is 10.2 Å². The molecule has 0 aromatic carbocycles. The van der Waals surface area contributed by atoms with Gasteiger partial charge in [-0.25, -0.2) is 8.42 Å². The Hall–Kier alpha value is -0.360. The monoisotopic (exact) mass is 278 g/mol. The van der Waals surface area contributed by atoms with E-state index in [-0.39, 0.29) is 5.75 Å². The van der Waals surface area contributed by atoms with Gasteiger partial charge in [0.2, 0.25) is 0 Å². The summed E-state index contributed by atoms with van der Waals surface area (Å²) < 4.78 is 22.1. The van der Waals surface area contributed by atoms with Crippen molar-refractivity contribution >= 4 is 27.2 Å². The average molecular weight is 278 g/mol. The van der Waals surface area contributed by atoms with Crippen LogP contribution in [0.4, 0.5) is 0 Å². The van der Waals surface area contributed by atoms with Crippen LogP contribution in [0.5, 0.6) is 0 Å². The number of nitrogens with one attached hydrogen (secondary N) is 1. The third-order valence-electron chi connectivity index (χ3n) is 3.08. The van der Waals surface area contributed by atoms with Crippen molar-refractivity contribution in [1.29, 1.82) is 0 Å². The van der Waals surface area contributed by atoms with Gasteiger partial charge in [0.25, 0.3) is 0 Å². The molecule has 0 heterocycles. The van der Waals surface area contributed by atoms with Crippen LogP contribution in [0.15, 0.2) is 0 Å². The van der Waals surface area contributed by atoms with E-state index in [1.54, 1.807) is 0 Å². The van der Waals surface area contributed by atoms with E-state index in [9.17, 15) is 8.42 Å². The van der Waals surface area contributed by atoms with Gasteiger partial charge in [-0.1, -0.05) is 19.3 Å². The summed E-state index contributed by atoms with van der Waals surface area (Å²) in [4.78, 5) is 1.81. The molecule has 0 atom stereocenters. The molecule has 1 rings (SSSR count). The van der Waals surface area contributed by atoms with Crippen molar-refractivity contribution in [3.8, 4) is 0 Å². The molecule has 17 heavy (non-hydrogen) atoms.